The number of imidazole rings is 1. The number of carbonyl (C=O) groups excluding carboxylic acids is 2. The summed E-state index contributed by atoms with van der Waals surface area (Å²) >= 11 is 12.6. The summed E-state index contributed by atoms with van der Waals surface area (Å²) in [5.74, 6) is 5.69. The Morgan fingerprint density at radius 2 is 1.80 bits per heavy atom. The van der Waals surface area contributed by atoms with Crippen LogP contribution in [-0.4, -0.2) is 66.1 Å². The maximum absolute atomic E-state index is 13.3. The molecule has 0 saturated carbocycles. The number of rotatable bonds is 7. The minimum Gasteiger partial charge on any atom is -0.466 e. The molecule has 1 saturated heterocycles. The summed E-state index contributed by atoms with van der Waals surface area (Å²) in [6, 6.07) is 12.4. The number of benzene rings is 2. The number of esters is 1. The number of halogens is 2. The number of ether oxygens (including phenoxy) is 1. The van der Waals surface area contributed by atoms with Gasteiger partial charge >= 0.3 is 5.97 Å². The van der Waals surface area contributed by atoms with E-state index in [-0.39, 0.29) is 42.7 Å². The molecule has 1 aliphatic heterocycles. The molecule has 0 radical (unpaired) electrons. The first-order chi connectivity index (χ1) is 19.1. The molecular formula is C28H28Cl2N4O5S. The van der Waals surface area contributed by atoms with E-state index in [1.807, 2.05) is 28.8 Å². The number of amides is 1. The highest BCUT2D eigenvalue weighted by atomic mass is 35.5. The highest BCUT2D eigenvalue weighted by molar-refractivity contribution is 7.91. The van der Waals surface area contributed by atoms with Crippen LogP contribution in [0.2, 0.25) is 10.0 Å². The second-order valence-corrected chi connectivity index (χ2v) is 12.2. The monoisotopic (exact) mass is 602 g/mol. The van der Waals surface area contributed by atoms with E-state index in [0.29, 0.717) is 40.2 Å². The molecule has 0 unspecified atom stereocenters. The van der Waals surface area contributed by atoms with Gasteiger partial charge in [-0.25, -0.2) is 18.4 Å². The Morgan fingerprint density at radius 3 is 2.45 bits per heavy atom. The van der Waals surface area contributed by atoms with E-state index >= 15 is 0 Å². The standard InChI is InChI=1S/C28H28Cl2N4O5S/c1-3-39-25(35)7-5-4-6-20-8-11-22(12-9-20)34-19(2)26(28(36)32-33-14-16-40(37,38)17-15-33)31-27(34)23-13-10-21(29)18-24(23)30/h8-13,18H,3,5,7,14-17H2,1-2H3,(H,32,36). The molecule has 4 rings (SSSR count). The fourth-order valence-electron chi connectivity index (χ4n) is 4.16. The fourth-order valence-corrected chi connectivity index (χ4v) is 5.86. The summed E-state index contributed by atoms with van der Waals surface area (Å²) in [5, 5.41) is 2.43. The predicted octanol–water partition coefficient (Wildman–Crippen LogP) is 4.22. The van der Waals surface area contributed by atoms with Crippen molar-refractivity contribution in [3.63, 3.8) is 0 Å². The number of nitrogens with zero attached hydrogens (tertiary/aromatic N) is 3. The zero-order valence-corrected chi connectivity index (χ0v) is 24.4. The van der Waals surface area contributed by atoms with Crippen molar-refractivity contribution in [3.05, 3.63) is 69.5 Å². The molecule has 3 aromatic rings. The average Bonchev–Trinajstić information content (AvgIpc) is 3.25. The number of nitrogens with one attached hydrogen (secondary N) is 1. The van der Waals surface area contributed by atoms with E-state index < -0.39 is 15.7 Å². The van der Waals surface area contributed by atoms with Gasteiger partial charge in [-0.3, -0.25) is 19.6 Å². The van der Waals surface area contributed by atoms with E-state index in [4.69, 9.17) is 27.9 Å². The van der Waals surface area contributed by atoms with Crippen LogP contribution < -0.4 is 5.43 Å². The van der Waals surface area contributed by atoms with Gasteiger partial charge in [-0.05, 0) is 56.3 Å². The van der Waals surface area contributed by atoms with Gasteiger partial charge in [0.2, 0.25) is 0 Å². The summed E-state index contributed by atoms with van der Waals surface area (Å²) in [7, 11) is -3.09. The van der Waals surface area contributed by atoms with Crippen LogP contribution in [0.5, 0.6) is 0 Å². The number of hydrazine groups is 1. The van der Waals surface area contributed by atoms with Crippen LogP contribution >= 0.6 is 23.2 Å². The predicted molar refractivity (Wildman–Crippen MR) is 154 cm³/mol. The Balaban J connectivity index is 1.64. The first kappa shape index (κ1) is 29.6. The molecule has 1 fully saturated rings. The van der Waals surface area contributed by atoms with Crippen molar-refractivity contribution in [2.75, 3.05) is 31.2 Å². The second-order valence-electron chi connectivity index (χ2n) is 9.06. The molecule has 210 valence electrons. The molecule has 1 amide bonds. The van der Waals surface area contributed by atoms with Crippen molar-refractivity contribution in [1.29, 1.82) is 0 Å². The lowest BCUT2D eigenvalue weighted by atomic mass is 10.1. The van der Waals surface area contributed by atoms with E-state index in [1.165, 1.54) is 0 Å². The third-order valence-electron chi connectivity index (χ3n) is 6.22. The van der Waals surface area contributed by atoms with Gasteiger partial charge in [0.1, 0.15) is 5.82 Å². The van der Waals surface area contributed by atoms with Gasteiger partial charge < -0.3 is 4.74 Å². The summed E-state index contributed by atoms with van der Waals surface area (Å²) in [6.45, 7) is 4.28. The fraction of sp³-hybridized carbons (Fsp3) is 0.321. The molecule has 0 bridgehead atoms. The first-order valence-electron chi connectivity index (χ1n) is 12.6. The van der Waals surface area contributed by atoms with Crippen molar-refractivity contribution in [2.24, 2.45) is 0 Å². The zero-order valence-electron chi connectivity index (χ0n) is 22.0. The smallest absolute Gasteiger partial charge is 0.306 e. The lowest BCUT2D eigenvalue weighted by Gasteiger charge is -2.26. The van der Waals surface area contributed by atoms with Gasteiger partial charge in [0.05, 0.1) is 35.2 Å². The highest BCUT2D eigenvalue weighted by Crippen LogP contribution is 2.33. The van der Waals surface area contributed by atoms with E-state index in [0.717, 1.165) is 11.3 Å². The van der Waals surface area contributed by atoms with Crippen LogP contribution in [-0.2, 0) is 19.4 Å². The van der Waals surface area contributed by atoms with Crippen molar-refractivity contribution in [3.8, 4) is 28.9 Å². The van der Waals surface area contributed by atoms with Crippen LogP contribution in [0.4, 0.5) is 0 Å². The summed E-state index contributed by atoms with van der Waals surface area (Å²) < 4.78 is 30.3. The maximum Gasteiger partial charge on any atom is 0.306 e. The number of aromatic nitrogens is 2. The molecular weight excluding hydrogens is 575 g/mol. The lowest BCUT2D eigenvalue weighted by Crippen LogP contribution is -2.50. The Hall–Kier alpha value is -3.36. The Kier molecular flexibility index (Phi) is 9.53. The summed E-state index contributed by atoms with van der Waals surface area (Å²) in [4.78, 5) is 29.4. The molecule has 0 atom stereocenters. The van der Waals surface area contributed by atoms with E-state index in [1.54, 1.807) is 37.1 Å². The SMILES string of the molecule is CCOC(=O)CCC#Cc1ccc(-n2c(-c3ccc(Cl)cc3Cl)nc(C(=O)NN3CCS(=O)(=O)CC3)c2C)cc1. The number of carbonyl (C=O) groups is 2. The second kappa shape index (κ2) is 12.9. The minimum atomic E-state index is -3.09. The Morgan fingerprint density at radius 1 is 1.10 bits per heavy atom. The third kappa shape index (κ3) is 7.23. The quantitative estimate of drug-likeness (QED) is 0.318. The van der Waals surface area contributed by atoms with Crippen LogP contribution in [0, 0.1) is 18.8 Å². The molecule has 1 aliphatic rings. The van der Waals surface area contributed by atoms with Crippen molar-refractivity contribution in [2.45, 2.75) is 26.7 Å². The largest absolute Gasteiger partial charge is 0.466 e. The molecule has 1 N–H and O–H groups in total. The van der Waals surface area contributed by atoms with E-state index in [9.17, 15) is 18.0 Å². The zero-order chi connectivity index (χ0) is 28.9. The Labute approximate surface area is 243 Å². The van der Waals surface area contributed by atoms with Crippen LogP contribution in [0.25, 0.3) is 17.1 Å². The molecule has 2 aromatic carbocycles. The normalized spacial score (nSPS) is 14.7. The highest BCUT2D eigenvalue weighted by Gasteiger charge is 2.27. The maximum atomic E-state index is 13.3. The van der Waals surface area contributed by atoms with Gasteiger partial charge in [0, 0.05) is 41.3 Å². The third-order valence-corrected chi connectivity index (χ3v) is 8.37. The van der Waals surface area contributed by atoms with Crippen molar-refractivity contribution >= 4 is 44.9 Å². The number of hydrogen-bond donors (Lipinski definition) is 1. The molecule has 40 heavy (non-hydrogen) atoms. The minimum absolute atomic E-state index is 0.0234. The number of sulfone groups is 1. The van der Waals surface area contributed by atoms with Crippen LogP contribution in [0.15, 0.2) is 42.5 Å². The molecule has 9 nitrogen and oxygen atoms in total. The van der Waals surface area contributed by atoms with Gasteiger partial charge in [-0.1, -0.05) is 35.0 Å². The molecule has 2 heterocycles. The number of hydrogen-bond acceptors (Lipinski definition) is 7. The summed E-state index contributed by atoms with van der Waals surface area (Å²) in [5.41, 5.74) is 5.60. The van der Waals surface area contributed by atoms with Crippen LogP contribution in [0.3, 0.4) is 0 Å². The Bertz CT molecular complexity index is 1580. The molecule has 12 heteroatoms. The molecule has 1 aromatic heterocycles. The summed E-state index contributed by atoms with van der Waals surface area (Å²) in [6.07, 6.45) is 0.623. The van der Waals surface area contributed by atoms with Gasteiger partial charge in [-0.2, -0.15) is 0 Å². The van der Waals surface area contributed by atoms with Gasteiger partial charge in [-0.15, -0.1) is 0 Å². The van der Waals surface area contributed by atoms with Crippen molar-refractivity contribution in [1.82, 2.24) is 20.0 Å². The lowest BCUT2D eigenvalue weighted by molar-refractivity contribution is -0.142. The van der Waals surface area contributed by atoms with Gasteiger partial charge in [0.15, 0.2) is 15.5 Å². The van der Waals surface area contributed by atoms with Crippen LogP contribution in [0.1, 0.15) is 41.5 Å². The molecule has 0 spiro atoms. The van der Waals surface area contributed by atoms with Crippen molar-refractivity contribution < 1.29 is 22.7 Å². The average molecular weight is 604 g/mol. The van der Waals surface area contributed by atoms with Gasteiger partial charge in [0.25, 0.3) is 5.91 Å². The first-order valence-corrected chi connectivity index (χ1v) is 15.2. The topological polar surface area (TPSA) is 111 Å². The van der Waals surface area contributed by atoms with E-state index in [2.05, 4.69) is 22.3 Å². The molecule has 0 aliphatic carbocycles.